The van der Waals surface area contributed by atoms with Crippen LogP contribution in [0.5, 0.6) is 0 Å². The number of hydrogen-bond acceptors (Lipinski definition) is 3. The van der Waals surface area contributed by atoms with Crippen molar-refractivity contribution in [3.05, 3.63) is 103 Å². The number of hydrogen-bond donors (Lipinski definition) is 1. The summed E-state index contributed by atoms with van der Waals surface area (Å²) in [6.07, 6.45) is 7.38. The Morgan fingerprint density at radius 3 is 2.03 bits per heavy atom. The molecule has 3 aromatic carbocycles. The van der Waals surface area contributed by atoms with E-state index in [0.717, 1.165) is 46.5 Å². The molecule has 0 unspecified atom stereocenters. The molecule has 156 valence electrons. The predicted molar refractivity (Wildman–Crippen MR) is 129 cm³/mol. The van der Waals surface area contributed by atoms with E-state index in [0.29, 0.717) is 5.78 Å². The SMILES string of the molecule is NC1(c2ccc(-c3nc4ncc(-c5ccccc5)n4cc3-c3ccccc3)cc2)CCC1. The third-order valence-corrected chi connectivity index (χ3v) is 6.64. The van der Waals surface area contributed by atoms with Crippen molar-refractivity contribution in [3.63, 3.8) is 0 Å². The van der Waals surface area contributed by atoms with E-state index in [1.165, 1.54) is 12.0 Å². The Balaban J connectivity index is 1.53. The first-order valence-electron chi connectivity index (χ1n) is 11.1. The lowest BCUT2D eigenvalue weighted by atomic mass is 9.72. The molecule has 2 aromatic heterocycles. The van der Waals surface area contributed by atoms with E-state index in [1.54, 1.807) is 0 Å². The molecular weight excluding hydrogens is 392 g/mol. The summed E-state index contributed by atoms with van der Waals surface area (Å²) in [5.41, 5.74) is 13.9. The molecule has 1 aliphatic carbocycles. The van der Waals surface area contributed by atoms with Crippen LogP contribution in [0.1, 0.15) is 24.8 Å². The van der Waals surface area contributed by atoms with Crippen LogP contribution in [-0.4, -0.2) is 14.4 Å². The van der Waals surface area contributed by atoms with Crippen LogP contribution in [0.4, 0.5) is 0 Å². The van der Waals surface area contributed by atoms with E-state index < -0.39 is 0 Å². The van der Waals surface area contributed by atoms with Crippen LogP contribution < -0.4 is 5.73 Å². The van der Waals surface area contributed by atoms with Crippen molar-refractivity contribution in [3.8, 4) is 33.6 Å². The second-order valence-corrected chi connectivity index (χ2v) is 8.64. The number of imidazole rings is 1. The minimum atomic E-state index is -0.161. The van der Waals surface area contributed by atoms with Gasteiger partial charge < -0.3 is 5.73 Å². The summed E-state index contributed by atoms with van der Waals surface area (Å²) in [4.78, 5) is 9.64. The zero-order valence-corrected chi connectivity index (χ0v) is 17.8. The van der Waals surface area contributed by atoms with Crippen molar-refractivity contribution in [2.75, 3.05) is 0 Å². The largest absolute Gasteiger partial charge is 0.321 e. The van der Waals surface area contributed by atoms with Gasteiger partial charge in [0.25, 0.3) is 0 Å². The number of rotatable bonds is 4. The molecule has 0 amide bonds. The van der Waals surface area contributed by atoms with Gasteiger partial charge in [-0.15, -0.1) is 0 Å². The average molecular weight is 417 g/mol. The van der Waals surface area contributed by atoms with Crippen molar-refractivity contribution in [1.29, 1.82) is 0 Å². The molecule has 1 fully saturated rings. The minimum absolute atomic E-state index is 0.161. The highest BCUT2D eigenvalue weighted by Gasteiger charge is 2.34. The normalized spacial score (nSPS) is 14.9. The number of fused-ring (bicyclic) bond motifs is 1. The van der Waals surface area contributed by atoms with Crippen LogP contribution in [0.25, 0.3) is 39.4 Å². The topological polar surface area (TPSA) is 56.2 Å². The van der Waals surface area contributed by atoms with Crippen LogP contribution in [0.15, 0.2) is 97.3 Å². The molecule has 5 aromatic rings. The van der Waals surface area contributed by atoms with Crippen LogP contribution in [0.2, 0.25) is 0 Å². The maximum Gasteiger partial charge on any atom is 0.234 e. The Kier molecular flexibility index (Phi) is 4.40. The van der Waals surface area contributed by atoms with Crippen LogP contribution in [0.3, 0.4) is 0 Å². The van der Waals surface area contributed by atoms with E-state index in [9.17, 15) is 0 Å². The van der Waals surface area contributed by atoms with Crippen molar-refractivity contribution in [2.45, 2.75) is 24.8 Å². The van der Waals surface area contributed by atoms with Gasteiger partial charge in [0.15, 0.2) is 0 Å². The van der Waals surface area contributed by atoms with Gasteiger partial charge in [-0.1, -0.05) is 84.9 Å². The molecular formula is C28H24N4. The molecule has 4 nitrogen and oxygen atoms in total. The molecule has 32 heavy (non-hydrogen) atoms. The first-order chi connectivity index (χ1) is 15.7. The Bertz CT molecular complexity index is 1380. The van der Waals surface area contributed by atoms with Gasteiger partial charge in [-0.3, -0.25) is 4.40 Å². The summed E-state index contributed by atoms with van der Waals surface area (Å²) in [7, 11) is 0. The monoisotopic (exact) mass is 416 g/mol. The van der Waals surface area contributed by atoms with Crippen LogP contribution in [0, 0.1) is 0 Å². The molecule has 0 saturated heterocycles. The van der Waals surface area contributed by atoms with E-state index in [4.69, 9.17) is 10.7 Å². The molecule has 0 radical (unpaired) electrons. The molecule has 1 saturated carbocycles. The summed E-state index contributed by atoms with van der Waals surface area (Å²) in [5.74, 6) is 0.692. The second-order valence-electron chi connectivity index (χ2n) is 8.64. The third-order valence-electron chi connectivity index (χ3n) is 6.64. The summed E-state index contributed by atoms with van der Waals surface area (Å²) < 4.78 is 2.08. The molecule has 4 heteroatoms. The molecule has 0 aliphatic heterocycles. The Morgan fingerprint density at radius 2 is 1.41 bits per heavy atom. The highest BCUT2D eigenvalue weighted by Crippen LogP contribution is 2.40. The fourth-order valence-electron chi connectivity index (χ4n) is 4.59. The van der Waals surface area contributed by atoms with Crippen LogP contribution >= 0.6 is 0 Å². The summed E-state index contributed by atoms with van der Waals surface area (Å²) >= 11 is 0. The highest BCUT2D eigenvalue weighted by molar-refractivity contribution is 5.82. The number of benzene rings is 3. The first-order valence-corrected chi connectivity index (χ1v) is 11.1. The van der Waals surface area contributed by atoms with E-state index in [1.807, 2.05) is 30.5 Å². The van der Waals surface area contributed by atoms with Gasteiger partial charge in [-0.25, -0.2) is 9.97 Å². The number of aromatic nitrogens is 3. The molecule has 2 N–H and O–H groups in total. The third kappa shape index (κ3) is 3.12. The lowest BCUT2D eigenvalue weighted by Gasteiger charge is -2.38. The van der Waals surface area contributed by atoms with Gasteiger partial charge in [-0.05, 0) is 30.4 Å². The van der Waals surface area contributed by atoms with Gasteiger partial charge in [0.1, 0.15) is 0 Å². The lowest BCUT2D eigenvalue weighted by Crippen LogP contribution is -2.43. The summed E-state index contributed by atoms with van der Waals surface area (Å²) in [6, 6.07) is 29.3. The molecule has 0 bridgehead atoms. The summed E-state index contributed by atoms with van der Waals surface area (Å²) in [5, 5.41) is 0. The Morgan fingerprint density at radius 1 is 0.750 bits per heavy atom. The predicted octanol–water partition coefficient (Wildman–Crippen LogP) is 6.07. The Hall–Kier alpha value is -3.76. The molecule has 1 aliphatic rings. The van der Waals surface area contributed by atoms with Gasteiger partial charge in [0.2, 0.25) is 5.78 Å². The van der Waals surface area contributed by atoms with Crippen LogP contribution in [-0.2, 0) is 5.54 Å². The first kappa shape index (κ1) is 19.0. The fraction of sp³-hybridized carbons (Fsp3) is 0.143. The van der Waals surface area contributed by atoms with E-state index >= 15 is 0 Å². The van der Waals surface area contributed by atoms with Crippen molar-refractivity contribution in [2.24, 2.45) is 5.73 Å². The number of nitrogens with two attached hydrogens (primary N) is 1. The quantitative estimate of drug-likeness (QED) is 0.387. The van der Waals surface area contributed by atoms with Crippen molar-refractivity contribution in [1.82, 2.24) is 14.4 Å². The smallest absolute Gasteiger partial charge is 0.234 e. The van der Waals surface area contributed by atoms with Gasteiger partial charge in [-0.2, -0.15) is 0 Å². The standard InChI is InChI=1S/C28H24N4/c29-28(16-7-17-28)23-14-12-22(13-15-23)26-24(20-8-3-1-4-9-20)19-32-25(18-30-27(32)31-26)21-10-5-2-6-11-21/h1-6,8-15,18-19H,7,16-17,29H2. The number of nitrogens with zero attached hydrogens (tertiary/aromatic N) is 3. The van der Waals surface area contributed by atoms with Gasteiger partial charge in [0.05, 0.1) is 17.6 Å². The maximum absolute atomic E-state index is 6.54. The van der Waals surface area contributed by atoms with Crippen molar-refractivity contribution < 1.29 is 0 Å². The van der Waals surface area contributed by atoms with Gasteiger partial charge in [0, 0.05) is 28.4 Å². The Labute approximate surface area is 187 Å². The fourth-order valence-corrected chi connectivity index (χ4v) is 4.59. The van der Waals surface area contributed by atoms with Crippen molar-refractivity contribution >= 4 is 5.78 Å². The molecule has 0 atom stereocenters. The summed E-state index contributed by atoms with van der Waals surface area (Å²) in [6.45, 7) is 0. The average Bonchev–Trinajstić information content (AvgIpc) is 3.26. The lowest BCUT2D eigenvalue weighted by molar-refractivity contribution is 0.253. The molecule has 2 heterocycles. The van der Waals surface area contributed by atoms with Gasteiger partial charge >= 0.3 is 0 Å². The zero-order chi connectivity index (χ0) is 21.5. The van der Waals surface area contributed by atoms with E-state index in [2.05, 4.69) is 76.2 Å². The second kappa shape index (κ2) is 7.43. The minimum Gasteiger partial charge on any atom is -0.321 e. The van der Waals surface area contributed by atoms with E-state index in [-0.39, 0.29) is 5.54 Å². The zero-order valence-electron chi connectivity index (χ0n) is 17.8. The molecule has 0 spiro atoms. The molecule has 6 rings (SSSR count). The maximum atomic E-state index is 6.54. The highest BCUT2D eigenvalue weighted by atomic mass is 15.1.